The number of nitrogens with zero attached hydrogens (tertiary/aromatic N) is 2. The second-order valence-corrected chi connectivity index (χ2v) is 6.33. The second kappa shape index (κ2) is 9.05. The molecule has 0 bridgehead atoms. The minimum absolute atomic E-state index is 0.180. The molecule has 0 fully saturated rings. The van der Waals surface area contributed by atoms with Crippen molar-refractivity contribution in [2.45, 2.75) is 19.9 Å². The lowest BCUT2D eigenvalue weighted by atomic mass is 10.2. The number of anilines is 1. The van der Waals surface area contributed by atoms with E-state index in [1.54, 1.807) is 25.3 Å². The van der Waals surface area contributed by atoms with Crippen LogP contribution in [0.3, 0.4) is 0 Å². The van der Waals surface area contributed by atoms with Crippen LogP contribution in [0.15, 0.2) is 59.4 Å². The average Bonchev–Trinajstić information content (AvgIpc) is 2.75. The van der Waals surface area contributed by atoms with Gasteiger partial charge in [0.15, 0.2) is 0 Å². The average molecular weight is 393 g/mol. The predicted octanol–water partition coefficient (Wildman–Crippen LogP) is 3.13. The SMILES string of the molecule is CCc1cc(=O)n(CC(=O)Nc2cc(OC)ccc2OC)c(-c2ccccc2)n1. The first-order chi connectivity index (χ1) is 14.0. The minimum Gasteiger partial charge on any atom is -0.497 e. The fourth-order valence-electron chi connectivity index (χ4n) is 2.94. The number of methoxy groups -OCH3 is 2. The fraction of sp³-hybridized carbons (Fsp3) is 0.227. The Bertz CT molecular complexity index is 1060. The second-order valence-electron chi connectivity index (χ2n) is 6.33. The summed E-state index contributed by atoms with van der Waals surface area (Å²) in [5.41, 5.74) is 1.64. The van der Waals surface area contributed by atoms with E-state index in [1.165, 1.54) is 17.7 Å². The maximum Gasteiger partial charge on any atom is 0.254 e. The number of carbonyl (C=O) groups is 1. The van der Waals surface area contributed by atoms with E-state index in [4.69, 9.17) is 9.47 Å². The smallest absolute Gasteiger partial charge is 0.254 e. The van der Waals surface area contributed by atoms with E-state index in [2.05, 4.69) is 10.3 Å². The lowest BCUT2D eigenvalue weighted by molar-refractivity contribution is -0.116. The molecule has 0 saturated heterocycles. The van der Waals surface area contributed by atoms with Gasteiger partial charge in [0.1, 0.15) is 23.9 Å². The highest BCUT2D eigenvalue weighted by atomic mass is 16.5. The normalized spacial score (nSPS) is 10.4. The molecule has 0 saturated carbocycles. The first kappa shape index (κ1) is 20.1. The van der Waals surface area contributed by atoms with Gasteiger partial charge in [0, 0.05) is 23.4 Å². The number of benzene rings is 2. The molecule has 1 N–H and O–H groups in total. The Kier molecular flexibility index (Phi) is 6.29. The number of aromatic nitrogens is 2. The van der Waals surface area contributed by atoms with Crippen LogP contribution in [0.25, 0.3) is 11.4 Å². The molecule has 0 aliphatic heterocycles. The van der Waals surface area contributed by atoms with E-state index in [1.807, 2.05) is 37.3 Å². The zero-order valence-corrected chi connectivity index (χ0v) is 16.6. The number of aryl methyl sites for hydroxylation is 1. The number of hydrogen-bond donors (Lipinski definition) is 1. The zero-order valence-electron chi connectivity index (χ0n) is 16.6. The summed E-state index contributed by atoms with van der Waals surface area (Å²) in [6.45, 7) is 1.75. The lowest BCUT2D eigenvalue weighted by Crippen LogP contribution is -2.30. The molecule has 0 radical (unpaired) electrons. The predicted molar refractivity (Wildman–Crippen MR) is 111 cm³/mol. The summed E-state index contributed by atoms with van der Waals surface area (Å²) in [5.74, 6) is 1.16. The van der Waals surface area contributed by atoms with Crippen molar-refractivity contribution in [2.75, 3.05) is 19.5 Å². The van der Waals surface area contributed by atoms with Crippen molar-refractivity contribution in [3.8, 4) is 22.9 Å². The summed E-state index contributed by atoms with van der Waals surface area (Å²) in [5, 5.41) is 2.79. The minimum atomic E-state index is -0.373. The Labute approximate surface area is 168 Å². The highest BCUT2D eigenvalue weighted by Gasteiger charge is 2.15. The van der Waals surface area contributed by atoms with Crippen LogP contribution >= 0.6 is 0 Å². The summed E-state index contributed by atoms with van der Waals surface area (Å²) < 4.78 is 11.9. The Morgan fingerprint density at radius 1 is 1.07 bits per heavy atom. The number of carbonyl (C=O) groups excluding carboxylic acids is 1. The van der Waals surface area contributed by atoms with Gasteiger partial charge in [-0.25, -0.2) is 4.98 Å². The maximum absolute atomic E-state index is 12.7. The fourth-order valence-corrected chi connectivity index (χ4v) is 2.94. The van der Waals surface area contributed by atoms with Gasteiger partial charge >= 0.3 is 0 Å². The molecule has 3 rings (SSSR count). The van der Waals surface area contributed by atoms with E-state index in [0.29, 0.717) is 35.1 Å². The molecular formula is C22H23N3O4. The zero-order chi connectivity index (χ0) is 20.8. The van der Waals surface area contributed by atoms with Gasteiger partial charge in [-0.15, -0.1) is 0 Å². The molecule has 1 aromatic heterocycles. The highest BCUT2D eigenvalue weighted by Crippen LogP contribution is 2.29. The summed E-state index contributed by atoms with van der Waals surface area (Å²) in [7, 11) is 3.06. The van der Waals surface area contributed by atoms with Crippen molar-refractivity contribution in [3.05, 3.63) is 70.6 Å². The van der Waals surface area contributed by atoms with Gasteiger partial charge in [0.25, 0.3) is 5.56 Å². The van der Waals surface area contributed by atoms with Crippen LogP contribution in [0.1, 0.15) is 12.6 Å². The maximum atomic E-state index is 12.7. The number of ether oxygens (including phenoxy) is 2. The third kappa shape index (κ3) is 4.63. The Morgan fingerprint density at radius 2 is 1.83 bits per heavy atom. The standard InChI is InChI=1S/C22H23N3O4/c1-4-16-12-21(27)25(22(23-16)15-8-6-5-7-9-15)14-20(26)24-18-13-17(28-2)10-11-19(18)29-3/h5-13H,4,14H2,1-3H3,(H,24,26). The van der Waals surface area contributed by atoms with Gasteiger partial charge in [-0.3, -0.25) is 14.2 Å². The van der Waals surface area contributed by atoms with E-state index in [9.17, 15) is 9.59 Å². The van der Waals surface area contributed by atoms with Crippen molar-refractivity contribution in [1.82, 2.24) is 9.55 Å². The number of nitrogens with one attached hydrogen (secondary N) is 1. The van der Waals surface area contributed by atoms with Crippen molar-refractivity contribution >= 4 is 11.6 Å². The van der Waals surface area contributed by atoms with Gasteiger partial charge < -0.3 is 14.8 Å². The number of hydrogen-bond acceptors (Lipinski definition) is 5. The molecule has 1 amide bonds. The largest absolute Gasteiger partial charge is 0.497 e. The molecule has 29 heavy (non-hydrogen) atoms. The number of amides is 1. The van der Waals surface area contributed by atoms with Gasteiger partial charge in [-0.05, 0) is 18.6 Å². The van der Waals surface area contributed by atoms with Crippen LogP contribution in [0.5, 0.6) is 11.5 Å². The Balaban J connectivity index is 1.94. The lowest BCUT2D eigenvalue weighted by Gasteiger charge is -2.15. The summed E-state index contributed by atoms with van der Waals surface area (Å²) in [4.78, 5) is 30.0. The van der Waals surface area contributed by atoms with Gasteiger partial charge in [0.2, 0.25) is 5.91 Å². The molecule has 1 heterocycles. The van der Waals surface area contributed by atoms with Crippen LogP contribution in [0.2, 0.25) is 0 Å². The first-order valence-electron chi connectivity index (χ1n) is 9.23. The number of rotatable bonds is 7. The molecule has 3 aromatic rings. The topological polar surface area (TPSA) is 82.5 Å². The summed E-state index contributed by atoms with van der Waals surface area (Å²) in [6.07, 6.45) is 0.628. The molecule has 0 aliphatic carbocycles. The summed E-state index contributed by atoms with van der Waals surface area (Å²) in [6, 6.07) is 15.9. The molecule has 7 nitrogen and oxygen atoms in total. The molecule has 0 unspecified atom stereocenters. The molecule has 2 aromatic carbocycles. The quantitative estimate of drug-likeness (QED) is 0.667. The first-order valence-corrected chi connectivity index (χ1v) is 9.23. The van der Waals surface area contributed by atoms with E-state index in [0.717, 1.165) is 5.56 Å². The highest BCUT2D eigenvalue weighted by molar-refractivity contribution is 5.92. The van der Waals surface area contributed by atoms with E-state index in [-0.39, 0.29) is 18.0 Å². The molecule has 150 valence electrons. The van der Waals surface area contributed by atoms with Gasteiger partial charge in [0.05, 0.1) is 19.9 Å². The molecule has 0 atom stereocenters. The van der Waals surface area contributed by atoms with Crippen LogP contribution in [0, 0.1) is 0 Å². The van der Waals surface area contributed by atoms with Crippen LogP contribution in [0.4, 0.5) is 5.69 Å². The molecule has 0 aliphatic rings. The Hall–Kier alpha value is -3.61. The molecular weight excluding hydrogens is 370 g/mol. The summed E-state index contributed by atoms with van der Waals surface area (Å²) >= 11 is 0. The van der Waals surface area contributed by atoms with Crippen molar-refractivity contribution in [1.29, 1.82) is 0 Å². The third-order valence-corrected chi connectivity index (χ3v) is 4.44. The van der Waals surface area contributed by atoms with Crippen LogP contribution in [-0.4, -0.2) is 29.7 Å². The monoisotopic (exact) mass is 393 g/mol. The van der Waals surface area contributed by atoms with Crippen molar-refractivity contribution in [2.24, 2.45) is 0 Å². The van der Waals surface area contributed by atoms with Crippen molar-refractivity contribution < 1.29 is 14.3 Å². The Morgan fingerprint density at radius 3 is 2.48 bits per heavy atom. The van der Waals surface area contributed by atoms with Gasteiger partial charge in [-0.1, -0.05) is 37.3 Å². The third-order valence-electron chi connectivity index (χ3n) is 4.44. The van der Waals surface area contributed by atoms with Crippen LogP contribution in [-0.2, 0) is 17.8 Å². The van der Waals surface area contributed by atoms with Crippen LogP contribution < -0.4 is 20.3 Å². The van der Waals surface area contributed by atoms with Gasteiger partial charge in [-0.2, -0.15) is 0 Å². The molecule has 0 spiro atoms. The van der Waals surface area contributed by atoms with E-state index >= 15 is 0 Å². The van der Waals surface area contributed by atoms with Crippen molar-refractivity contribution in [3.63, 3.8) is 0 Å². The molecule has 7 heteroatoms. The van der Waals surface area contributed by atoms with E-state index < -0.39 is 0 Å².